The summed E-state index contributed by atoms with van der Waals surface area (Å²) in [5.41, 5.74) is 7.40. The molecule has 0 aliphatic rings. The largest absolute Gasteiger partial charge is 0.492 e. The predicted octanol–water partition coefficient (Wildman–Crippen LogP) is 1.32. The zero-order valence-corrected chi connectivity index (χ0v) is 11.3. The quantitative estimate of drug-likeness (QED) is 0.870. The van der Waals surface area contributed by atoms with Crippen molar-refractivity contribution < 1.29 is 9.53 Å². The fourth-order valence-electron chi connectivity index (χ4n) is 2.11. The van der Waals surface area contributed by atoms with Gasteiger partial charge in [-0.05, 0) is 26.0 Å². The number of nitrogens with two attached hydrogens (primary N) is 1. The highest BCUT2D eigenvalue weighted by molar-refractivity contribution is 5.88. The van der Waals surface area contributed by atoms with Crippen molar-refractivity contribution in [1.29, 1.82) is 0 Å². The average Bonchev–Trinajstić information content (AvgIpc) is 2.74. The maximum absolute atomic E-state index is 11.8. The van der Waals surface area contributed by atoms with E-state index < -0.39 is 6.04 Å². The summed E-state index contributed by atoms with van der Waals surface area (Å²) in [4.78, 5) is 16.1. The first-order valence-electron chi connectivity index (χ1n) is 6.21. The lowest BCUT2D eigenvalue weighted by Crippen LogP contribution is -2.28. The van der Waals surface area contributed by atoms with Crippen LogP contribution in [0.5, 0.6) is 5.75 Å². The fourth-order valence-corrected chi connectivity index (χ4v) is 2.11. The molecule has 0 saturated carbocycles. The van der Waals surface area contributed by atoms with Crippen molar-refractivity contribution in [2.45, 2.75) is 19.9 Å². The van der Waals surface area contributed by atoms with Gasteiger partial charge < -0.3 is 15.8 Å². The Morgan fingerprint density at radius 1 is 1.58 bits per heavy atom. The van der Waals surface area contributed by atoms with E-state index in [-0.39, 0.29) is 5.91 Å². The Labute approximate surface area is 111 Å². The van der Waals surface area contributed by atoms with Crippen LogP contribution in [0.3, 0.4) is 0 Å². The van der Waals surface area contributed by atoms with Crippen LogP contribution in [0.1, 0.15) is 19.9 Å². The van der Waals surface area contributed by atoms with Crippen LogP contribution in [-0.2, 0) is 4.79 Å². The zero-order chi connectivity index (χ0) is 14.0. The molecule has 1 aromatic heterocycles. The monoisotopic (exact) mass is 262 g/mol. The van der Waals surface area contributed by atoms with Gasteiger partial charge in [-0.15, -0.1) is 0 Å². The molecule has 0 aliphatic carbocycles. The summed E-state index contributed by atoms with van der Waals surface area (Å²) >= 11 is 0. The normalized spacial score (nSPS) is 12.4. The number of anilines is 1. The van der Waals surface area contributed by atoms with E-state index in [1.807, 2.05) is 25.1 Å². The third kappa shape index (κ3) is 2.21. The van der Waals surface area contributed by atoms with Gasteiger partial charge in [0.2, 0.25) is 11.9 Å². The van der Waals surface area contributed by atoms with Gasteiger partial charge in [0.25, 0.3) is 0 Å². The summed E-state index contributed by atoms with van der Waals surface area (Å²) in [5.74, 6) is 0.862. The van der Waals surface area contributed by atoms with Crippen molar-refractivity contribution in [1.82, 2.24) is 14.9 Å². The number of amides is 1. The molecule has 2 rings (SSSR count). The molecule has 0 bridgehead atoms. The summed E-state index contributed by atoms with van der Waals surface area (Å²) in [6.45, 7) is 4.24. The highest BCUT2D eigenvalue weighted by Crippen LogP contribution is 2.29. The SMILES string of the molecule is CCOc1cccc2c1nc(N)n2C(C)C(=O)NC. The first-order valence-corrected chi connectivity index (χ1v) is 6.21. The molecule has 1 atom stereocenters. The number of para-hydroxylation sites is 1. The molecule has 0 saturated heterocycles. The van der Waals surface area contributed by atoms with Crippen LogP contribution in [0.4, 0.5) is 5.95 Å². The van der Waals surface area contributed by atoms with Crippen molar-refractivity contribution in [2.24, 2.45) is 0 Å². The molecule has 19 heavy (non-hydrogen) atoms. The summed E-state index contributed by atoms with van der Waals surface area (Å²) in [5, 5.41) is 2.61. The first-order chi connectivity index (χ1) is 9.10. The van der Waals surface area contributed by atoms with Crippen LogP contribution in [0.15, 0.2) is 18.2 Å². The second kappa shape index (κ2) is 5.17. The van der Waals surface area contributed by atoms with Gasteiger partial charge in [0.05, 0.1) is 12.1 Å². The van der Waals surface area contributed by atoms with Gasteiger partial charge in [-0.25, -0.2) is 4.98 Å². The van der Waals surface area contributed by atoms with Gasteiger partial charge >= 0.3 is 0 Å². The van der Waals surface area contributed by atoms with E-state index in [0.29, 0.717) is 23.8 Å². The molecule has 1 heterocycles. The fraction of sp³-hybridized carbons (Fsp3) is 0.385. The Balaban J connectivity index is 2.59. The molecule has 6 heteroatoms. The van der Waals surface area contributed by atoms with E-state index in [1.54, 1.807) is 18.5 Å². The predicted molar refractivity (Wildman–Crippen MR) is 74.1 cm³/mol. The van der Waals surface area contributed by atoms with E-state index in [1.165, 1.54) is 0 Å². The van der Waals surface area contributed by atoms with Crippen molar-refractivity contribution >= 4 is 22.9 Å². The Morgan fingerprint density at radius 3 is 2.95 bits per heavy atom. The zero-order valence-electron chi connectivity index (χ0n) is 11.3. The van der Waals surface area contributed by atoms with Crippen LogP contribution < -0.4 is 15.8 Å². The number of hydrogen-bond acceptors (Lipinski definition) is 4. The number of fused-ring (bicyclic) bond motifs is 1. The number of hydrogen-bond donors (Lipinski definition) is 2. The van der Waals surface area contributed by atoms with Gasteiger partial charge in [0.1, 0.15) is 17.3 Å². The maximum atomic E-state index is 11.8. The number of benzene rings is 1. The number of likely N-dealkylation sites (N-methyl/N-ethyl adjacent to an activating group) is 1. The molecule has 1 amide bonds. The Morgan fingerprint density at radius 2 is 2.32 bits per heavy atom. The van der Waals surface area contributed by atoms with E-state index in [2.05, 4.69) is 10.3 Å². The van der Waals surface area contributed by atoms with Crippen LogP contribution in [-0.4, -0.2) is 29.1 Å². The molecule has 0 spiro atoms. The number of nitrogen functional groups attached to an aromatic ring is 1. The molecule has 0 aliphatic heterocycles. The lowest BCUT2D eigenvalue weighted by atomic mass is 10.2. The van der Waals surface area contributed by atoms with Crippen LogP contribution in [0.25, 0.3) is 11.0 Å². The van der Waals surface area contributed by atoms with E-state index >= 15 is 0 Å². The first kappa shape index (κ1) is 13.2. The standard InChI is InChI=1S/C13H18N4O2/c1-4-19-10-7-5-6-9-11(10)16-13(14)17(9)8(2)12(18)15-3/h5-8H,4H2,1-3H3,(H2,14,16)(H,15,18). The van der Waals surface area contributed by atoms with Gasteiger partial charge in [0.15, 0.2) is 0 Å². The summed E-state index contributed by atoms with van der Waals surface area (Å²) < 4.78 is 7.23. The van der Waals surface area contributed by atoms with Crippen LogP contribution in [0.2, 0.25) is 0 Å². The van der Waals surface area contributed by atoms with Crippen molar-refractivity contribution in [3.8, 4) is 5.75 Å². The van der Waals surface area contributed by atoms with E-state index in [4.69, 9.17) is 10.5 Å². The third-order valence-corrected chi connectivity index (χ3v) is 3.02. The minimum Gasteiger partial charge on any atom is -0.492 e. The minimum absolute atomic E-state index is 0.118. The number of aromatic nitrogens is 2. The lowest BCUT2D eigenvalue weighted by molar-refractivity contribution is -0.123. The van der Waals surface area contributed by atoms with Gasteiger partial charge in [0, 0.05) is 7.05 Å². The lowest BCUT2D eigenvalue weighted by Gasteiger charge is -2.14. The molecule has 0 fully saturated rings. The van der Waals surface area contributed by atoms with Crippen molar-refractivity contribution in [2.75, 3.05) is 19.4 Å². The van der Waals surface area contributed by atoms with Gasteiger partial charge in [-0.2, -0.15) is 0 Å². The molecular weight excluding hydrogens is 244 g/mol. The average molecular weight is 262 g/mol. The smallest absolute Gasteiger partial charge is 0.242 e. The highest BCUT2D eigenvalue weighted by Gasteiger charge is 2.20. The number of carbonyl (C=O) groups is 1. The van der Waals surface area contributed by atoms with E-state index in [0.717, 1.165) is 5.52 Å². The number of imidazole rings is 1. The van der Waals surface area contributed by atoms with Crippen molar-refractivity contribution in [3.05, 3.63) is 18.2 Å². The summed E-state index contributed by atoms with van der Waals surface area (Å²) in [6.07, 6.45) is 0. The number of ether oxygens (including phenoxy) is 1. The van der Waals surface area contributed by atoms with Crippen LogP contribution in [0, 0.1) is 0 Å². The molecule has 6 nitrogen and oxygen atoms in total. The van der Waals surface area contributed by atoms with E-state index in [9.17, 15) is 4.79 Å². The third-order valence-electron chi connectivity index (χ3n) is 3.02. The highest BCUT2D eigenvalue weighted by atomic mass is 16.5. The molecular formula is C13H18N4O2. The molecule has 1 aromatic carbocycles. The van der Waals surface area contributed by atoms with Crippen LogP contribution >= 0.6 is 0 Å². The molecule has 3 N–H and O–H groups in total. The number of nitrogens with zero attached hydrogens (tertiary/aromatic N) is 2. The Hall–Kier alpha value is -2.24. The topological polar surface area (TPSA) is 82.2 Å². The number of nitrogens with one attached hydrogen (secondary N) is 1. The molecule has 2 aromatic rings. The van der Waals surface area contributed by atoms with Gasteiger partial charge in [-0.3, -0.25) is 9.36 Å². The number of rotatable bonds is 4. The minimum atomic E-state index is -0.424. The summed E-state index contributed by atoms with van der Waals surface area (Å²) in [7, 11) is 1.60. The maximum Gasteiger partial charge on any atom is 0.242 e. The molecule has 1 unspecified atom stereocenters. The Bertz CT molecular complexity index is 606. The second-order valence-corrected chi connectivity index (χ2v) is 4.19. The van der Waals surface area contributed by atoms with Gasteiger partial charge in [-0.1, -0.05) is 6.07 Å². The molecule has 102 valence electrons. The van der Waals surface area contributed by atoms with Crippen molar-refractivity contribution in [3.63, 3.8) is 0 Å². The number of carbonyl (C=O) groups excluding carboxylic acids is 1. The summed E-state index contributed by atoms with van der Waals surface area (Å²) in [6, 6.07) is 5.15. The Kier molecular flexibility index (Phi) is 3.59. The second-order valence-electron chi connectivity index (χ2n) is 4.19. The molecule has 0 radical (unpaired) electrons.